The number of ether oxygens (including phenoxy) is 1. The Bertz CT molecular complexity index is 380. The number of carbonyl (C=O) groups is 1. The average Bonchev–Trinajstić information content (AvgIpc) is 2.14. The van der Waals surface area contributed by atoms with E-state index in [9.17, 15) is 9.18 Å². The van der Waals surface area contributed by atoms with Gasteiger partial charge in [-0.1, -0.05) is 23.2 Å². The van der Waals surface area contributed by atoms with Crippen molar-refractivity contribution in [3.8, 4) is 0 Å². The normalized spacial score (nSPS) is 10.1. The minimum absolute atomic E-state index is 0.0548. The van der Waals surface area contributed by atoms with Crippen LogP contribution in [-0.4, -0.2) is 12.6 Å². The zero-order valence-corrected chi connectivity index (χ0v) is 9.53. The highest BCUT2D eigenvalue weighted by atomic mass is 35.5. The molecule has 5 heteroatoms. The van der Waals surface area contributed by atoms with Gasteiger partial charge in [0.05, 0.1) is 18.1 Å². The van der Waals surface area contributed by atoms with Crippen molar-refractivity contribution in [1.29, 1.82) is 0 Å². The van der Waals surface area contributed by atoms with Crippen LogP contribution in [0.15, 0.2) is 12.1 Å². The monoisotopic (exact) mass is 250 g/mol. The first-order valence-electron chi connectivity index (χ1n) is 4.33. The highest BCUT2D eigenvalue weighted by Crippen LogP contribution is 2.24. The molecular weight excluding hydrogens is 242 g/mol. The first kappa shape index (κ1) is 12.3. The number of benzene rings is 1. The molecule has 1 aromatic rings. The van der Waals surface area contributed by atoms with Gasteiger partial charge in [0.25, 0.3) is 0 Å². The number of hydrogen-bond donors (Lipinski definition) is 0. The first-order chi connectivity index (χ1) is 7.04. The molecule has 0 radical (unpaired) electrons. The summed E-state index contributed by atoms with van der Waals surface area (Å²) in [6.07, 6.45) is -0.0548. The molecule has 0 spiro atoms. The highest BCUT2D eigenvalue weighted by molar-refractivity contribution is 6.35. The molecule has 0 aliphatic carbocycles. The van der Waals surface area contributed by atoms with E-state index in [1.54, 1.807) is 6.92 Å². The minimum Gasteiger partial charge on any atom is -0.466 e. The van der Waals surface area contributed by atoms with Crippen molar-refractivity contribution in [1.82, 2.24) is 0 Å². The van der Waals surface area contributed by atoms with Gasteiger partial charge in [0.2, 0.25) is 0 Å². The molecule has 0 N–H and O–H groups in total. The predicted molar refractivity (Wildman–Crippen MR) is 56.8 cm³/mol. The van der Waals surface area contributed by atoms with Gasteiger partial charge in [-0.15, -0.1) is 0 Å². The summed E-state index contributed by atoms with van der Waals surface area (Å²) < 4.78 is 17.8. The lowest BCUT2D eigenvalue weighted by Crippen LogP contribution is -2.08. The summed E-state index contributed by atoms with van der Waals surface area (Å²) in [4.78, 5) is 11.1. The number of carbonyl (C=O) groups excluding carboxylic acids is 1. The average molecular weight is 251 g/mol. The molecule has 2 nitrogen and oxygen atoms in total. The lowest BCUT2D eigenvalue weighted by molar-refractivity contribution is -0.142. The molecular formula is C10H9Cl2FO2. The van der Waals surface area contributed by atoms with Crippen LogP contribution in [0.5, 0.6) is 0 Å². The summed E-state index contributed by atoms with van der Waals surface area (Å²) in [6, 6.07) is 2.41. The van der Waals surface area contributed by atoms with Gasteiger partial charge in [-0.2, -0.15) is 0 Å². The summed E-state index contributed by atoms with van der Waals surface area (Å²) in [7, 11) is 0. The van der Waals surface area contributed by atoms with Gasteiger partial charge in [-0.25, -0.2) is 4.39 Å². The fraction of sp³-hybridized carbons (Fsp3) is 0.300. The van der Waals surface area contributed by atoms with Crippen LogP contribution in [0, 0.1) is 5.82 Å². The van der Waals surface area contributed by atoms with E-state index >= 15 is 0 Å². The molecule has 0 aromatic heterocycles. The Morgan fingerprint density at radius 2 is 2.07 bits per heavy atom. The molecule has 15 heavy (non-hydrogen) atoms. The number of rotatable bonds is 3. The molecule has 0 bridgehead atoms. The van der Waals surface area contributed by atoms with Crippen LogP contribution in [0.3, 0.4) is 0 Å². The second-order valence-corrected chi connectivity index (χ2v) is 3.65. The van der Waals surface area contributed by atoms with Crippen molar-refractivity contribution < 1.29 is 13.9 Å². The van der Waals surface area contributed by atoms with Crippen LogP contribution >= 0.6 is 23.2 Å². The molecule has 1 aromatic carbocycles. The molecule has 0 amide bonds. The Labute approximate surface area is 96.9 Å². The standard InChI is InChI=1S/C10H9Cl2FO2/c1-2-15-10(14)4-6-3-9(13)8(12)5-7(6)11/h3,5H,2,4H2,1H3. The van der Waals surface area contributed by atoms with Crippen LogP contribution in [0.25, 0.3) is 0 Å². The third kappa shape index (κ3) is 3.36. The van der Waals surface area contributed by atoms with Gasteiger partial charge >= 0.3 is 5.97 Å². The van der Waals surface area contributed by atoms with E-state index in [1.165, 1.54) is 6.07 Å². The van der Waals surface area contributed by atoms with Crippen molar-refractivity contribution >= 4 is 29.2 Å². The Morgan fingerprint density at radius 3 is 2.67 bits per heavy atom. The third-order valence-corrected chi connectivity index (χ3v) is 2.37. The van der Waals surface area contributed by atoms with Gasteiger partial charge in [-0.3, -0.25) is 4.79 Å². The quantitative estimate of drug-likeness (QED) is 0.608. The van der Waals surface area contributed by atoms with Crippen LogP contribution in [0.1, 0.15) is 12.5 Å². The molecule has 0 aliphatic rings. The molecule has 0 aliphatic heterocycles. The summed E-state index contributed by atoms with van der Waals surface area (Å²) in [5.41, 5.74) is 0.372. The Hall–Kier alpha value is -0.800. The summed E-state index contributed by atoms with van der Waals surface area (Å²) >= 11 is 11.3. The van der Waals surface area contributed by atoms with Crippen molar-refractivity contribution in [2.75, 3.05) is 6.61 Å². The summed E-state index contributed by atoms with van der Waals surface area (Å²) in [6.45, 7) is 1.98. The molecule has 0 heterocycles. The summed E-state index contributed by atoms with van der Waals surface area (Å²) in [5.74, 6) is -1.04. The SMILES string of the molecule is CCOC(=O)Cc1cc(F)c(Cl)cc1Cl. The van der Waals surface area contributed by atoms with Crippen LogP contribution in [-0.2, 0) is 16.0 Å². The molecule has 0 atom stereocenters. The third-order valence-electron chi connectivity index (χ3n) is 1.73. The van der Waals surface area contributed by atoms with Gasteiger partial charge in [-0.05, 0) is 24.6 Å². The van der Waals surface area contributed by atoms with E-state index in [2.05, 4.69) is 0 Å². The van der Waals surface area contributed by atoms with E-state index in [1.807, 2.05) is 0 Å². The molecule has 0 unspecified atom stereocenters. The molecule has 82 valence electrons. The second-order valence-electron chi connectivity index (χ2n) is 2.84. The second kappa shape index (κ2) is 5.33. The number of hydrogen-bond acceptors (Lipinski definition) is 2. The van der Waals surface area contributed by atoms with Crippen molar-refractivity contribution in [3.63, 3.8) is 0 Å². The van der Waals surface area contributed by atoms with Gasteiger partial charge in [0.1, 0.15) is 5.82 Å². The minimum atomic E-state index is -0.597. The van der Waals surface area contributed by atoms with Crippen LogP contribution in [0.4, 0.5) is 4.39 Å². The Morgan fingerprint density at radius 1 is 1.40 bits per heavy atom. The van der Waals surface area contributed by atoms with E-state index in [0.717, 1.165) is 6.07 Å². The van der Waals surface area contributed by atoms with Gasteiger partial charge < -0.3 is 4.74 Å². The Balaban J connectivity index is 2.86. The zero-order valence-electron chi connectivity index (χ0n) is 8.02. The van der Waals surface area contributed by atoms with E-state index < -0.39 is 11.8 Å². The number of halogens is 3. The molecule has 0 saturated heterocycles. The van der Waals surface area contributed by atoms with Gasteiger partial charge in [0.15, 0.2) is 0 Å². The maximum Gasteiger partial charge on any atom is 0.310 e. The topological polar surface area (TPSA) is 26.3 Å². The van der Waals surface area contributed by atoms with E-state index in [0.29, 0.717) is 5.56 Å². The predicted octanol–water partition coefficient (Wildman–Crippen LogP) is 3.24. The first-order valence-corrected chi connectivity index (χ1v) is 5.09. The molecule has 0 fully saturated rings. The highest BCUT2D eigenvalue weighted by Gasteiger charge is 2.11. The largest absolute Gasteiger partial charge is 0.466 e. The smallest absolute Gasteiger partial charge is 0.310 e. The van der Waals surface area contributed by atoms with Crippen LogP contribution < -0.4 is 0 Å². The maximum absolute atomic E-state index is 13.1. The fourth-order valence-electron chi connectivity index (χ4n) is 1.07. The Kier molecular flexibility index (Phi) is 4.36. The zero-order chi connectivity index (χ0) is 11.4. The molecule has 1 rings (SSSR count). The molecule has 0 saturated carbocycles. The van der Waals surface area contributed by atoms with Crippen molar-refractivity contribution in [3.05, 3.63) is 33.6 Å². The van der Waals surface area contributed by atoms with E-state index in [-0.39, 0.29) is 23.1 Å². The van der Waals surface area contributed by atoms with Crippen LogP contribution in [0.2, 0.25) is 10.0 Å². The lowest BCUT2D eigenvalue weighted by atomic mass is 10.1. The van der Waals surface area contributed by atoms with Crippen molar-refractivity contribution in [2.24, 2.45) is 0 Å². The van der Waals surface area contributed by atoms with E-state index in [4.69, 9.17) is 27.9 Å². The number of esters is 1. The maximum atomic E-state index is 13.1. The van der Waals surface area contributed by atoms with Crippen molar-refractivity contribution in [2.45, 2.75) is 13.3 Å². The fourth-order valence-corrected chi connectivity index (χ4v) is 1.52. The lowest BCUT2D eigenvalue weighted by Gasteiger charge is -2.05. The van der Waals surface area contributed by atoms with Gasteiger partial charge in [0, 0.05) is 5.02 Å². The summed E-state index contributed by atoms with van der Waals surface area (Å²) in [5, 5.41) is 0.196.